The largest absolute Gasteiger partial charge is 0.335 e. The highest BCUT2D eigenvalue weighted by Gasteiger charge is 2.27. The number of benzene rings is 1. The molecule has 6 nitrogen and oxygen atoms in total. The second kappa shape index (κ2) is 9.06. The fourth-order valence-electron chi connectivity index (χ4n) is 3.07. The average molecular weight is 367 g/mol. The minimum Gasteiger partial charge on any atom is -0.335 e. The van der Waals surface area contributed by atoms with Crippen LogP contribution < -0.4 is 16.0 Å². The van der Waals surface area contributed by atoms with E-state index in [2.05, 4.69) is 22.9 Å². The van der Waals surface area contributed by atoms with E-state index in [0.29, 0.717) is 17.3 Å². The van der Waals surface area contributed by atoms with Crippen molar-refractivity contribution in [3.8, 4) is 0 Å². The molecule has 1 saturated carbocycles. The lowest BCUT2D eigenvalue weighted by molar-refractivity contribution is 0.0692. The summed E-state index contributed by atoms with van der Waals surface area (Å²) >= 11 is 0. The molecular weight excluding hydrogens is 340 g/mol. The molecule has 0 aromatic heterocycles. The van der Waals surface area contributed by atoms with Crippen molar-refractivity contribution >= 4 is 30.0 Å². The van der Waals surface area contributed by atoms with Crippen molar-refractivity contribution in [2.75, 3.05) is 25.0 Å². The lowest BCUT2D eigenvalue weighted by Gasteiger charge is -2.28. The first-order valence-electron chi connectivity index (χ1n) is 8.86. The summed E-state index contributed by atoms with van der Waals surface area (Å²) in [6, 6.07) is 7.57. The van der Waals surface area contributed by atoms with E-state index in [0.717, 1.165) is 45.3 Å². The number of anilines is 1. The van der Waals surface area contributed by atoms with E-state index in [1.807, 2.05) is 23.1 Å². The van der Waals surface area contributed by atoms with Gasteiger partial charge in [0.2, 0.25) is 0 Å². The van der Waals surface area contributed by atoms with Crippen LogP contribution in [-0.4, -0.2) is 48.6 Å². The standard InChI is InChI=1S/C18H26N4O2.ClH/c1-2-10-22(16-8-9-19-12-16)17(23)13-4-3-5-15(11-13)21-18(24)20-14-6-7-14;/h3-5,11,14,16,19H,2,6-10,12H2,1H3,(H2,20,21,24);1H. The Balaban J connectivity index is 0.00000225. The number of nitrogens with zero attached hydrogens (tertiary/aromatic N) is 1. The molecule has 1 aliphatic heterocycles. The molecular formula is C18H27ClN4O2. The average Bonchev–Trinajstić information content (AvgIpc) is 3.22. The number of halogens is 1. The topological polar surface area (TPSA) is 73.5 Å². The third-order valence-electron chi connectivity index (χ3n) is 4.48. The van der Waals surface area contributed by atoms with Crippen LogP contribution in [0.3, 0.4) is 0 Å². The lowest BCUT2D eigenvalue weighted by atomic mass is 10.1. The first-order chi connectivity index (χ1) is 11.7. The van der Waals surface area contributed by atoms with Crippen LogP contribution in [0.25, 0.3) is 0 Å². The number of nitrogens with one attached hydrogen (secondary N) is 3. The molecule has 0 radical (unpaired) electrons. The summed E-state index contributed by atoms with van der Waals surface area (Å²) in [5, 5.41) is 9.02. The molecule has 0 bridgehead atoms. The quantitative estimate of drug-likeness (QED) is 0.724. The summed E-state index contributed by atoms with van der Waals surface area (Å²) in [6.45, 7) is 4.66. The van der Waals surface area contributed by atoms with Crippen LogP contribution in [0.1, 0.15) is 43.0 Å². The van der Waals surface area contributed by atoms with E-state index >= 15 is 0 Å². The van der Waals surface area contributed by atoms with Crippen molar-refractivity contribution in [2.45, 2.75) is 44.7 Å². The van der Waals surface area contributed by atoms with E-state index < -0.39 is 0 Å². The summed E-state index contributed by atoms with van der Waals surface area (Å²) < 4.78 is 0. The van der Waals surface area contributed by atoms with Gasteiger partial charge in [0.05, 0.1) is 0 Å². The Hall–Kier alpha value is -1.79. The third-order valence-corrected chi connectivity index (χ3v) is 4.48. The highest BCUT2D eigenvalue weighted by atomic mass is 35.5. The van der Waals surface area contributed by atoms with Gasteiger partial charge in [0.1, 0.15) is 0 Å². The van der Waals surface area contributed by atoms with Gasteiger partial charge >= 0.3 is 6.03 Å². The predicted molar refractivity (Wildman–Crippen MR) is 101 cm³/mol. The second-order valence-corrected chi connectivity index (χ2v) is 6.60. The molecule has 3 rings (SSSR count). The molecule has 1 unspecified atom stereocenters. The van der Waals surface area contributed by atoms with Gasteiger partial charge in [0, 0.05) is 36.4 Å². The van der Waals surface area contributed by atoms with Gasteiger partial charge in [-0.2, -0.15) is 0 Å². The van der Waals surface area contributed by atoms with Crippen molar-refractivity contribution in [1.29, 1.82) is 0 Å². The number of amides is 3. The molecule has 1 atom stereocenters. The zero-order valence-corrected chi connectivity index (χ0v) is 15.4. The fourth-order valence-corrected chi connectivity index (χ4v) is 3.07. The molecule has 0 spiro atoms. The van der Waals surface area contributed by atoms with Crippen molar-refractivity contribution < 1.29 is 9.59 Å². The summed E-state index contributed by atoms with van der Waals surface area (Å²) in [5.74, 6) is 0.0387. The van der Waals surface area contributed by atoms with Gasteiger partial charge in [-0.3, -0.25) is 4.79 Å². The van der Waals surface area contributed by atoms with E-state index in [9.17, 15) is 9.59 Å². The molecule has 25 heavy (non-hydrogen) atoms. The van der Waals surface area contributed by atoms with Crippen molar-refractivity contribution in [3.63, 3.8) is 0 Å². The summed E-state index contributed by atoms with van der Waals surface area (Å²) in [5.41, 5.74) is 1.28. The third kappa shape index (κ3) is 5.34. The molecule has 2 fully saturated rings. The number of carbonyl (C=O) groups excluding carboxylic acids is 2. The summed E-state index contributed by atoms with van der Waals surface area (Å²) in [4.78, 5) is 26.7. The van der Waals surface area contributed by atoms with E-state index in [1.54, 1.807) is 6.07 Å². The predicted octanol–water partition coefficient (Wildman–Crippen LogP) is 2.61. The van der Waals surface area contributed by atoms with Crippen LogP contribution in [0.5, 0.6) is 0 Å². The first kappa shape index (κ1) is 19.5. The van der Waals surface area contributed by atoms with E-state index in [1.165, 1.54) is 0 Å². The number of hydrogen-bond donors (Lipinski definition) is 3. The smallest absolute Gasteiger partial charge is 0.319 e. The molecule has 1 aromatic carbocycles. The van der Waals surface area contributed by atoms with Crippen molar-refractivity contribution in [2.24, 2.45) is 0 Å². The Bertz CT molecular complexity index is 600. The number of carbonyl (C=O) groups is 2. The van der Waals surface area contributed by atoms with Gasteiger partial charge in [-0.1, -0.05) is 13.0 Å². The Kier molecular flexibility index (Phi) is 7.08. The summed E-state index contributed by atoms with van der Waals surface area (Å²) in [7, 11) is 0. The minimum absolute atomic E-state index is 0. The van der Waals surface area contributed by atoms with Crippen LogP contribution in [0, 0.1) is 0 Å². The minimum atomic E-state index is -0.201. The van der Waals surface area contributed by atoms with Crippen LogP contribution in [0.2, 0.25) is 0 Å². The number of hydrogen-bond acceptors (Lipinski definition) is 3. The maximum atomic E-state index is 12.9. The molecule has 138 valence electrons. The first-order valence-corrected chi connectivity index (χ1v) is 8.86. The van der Waals surface area contributed by atoms with Gasteiger partial charge in [0.25, 0.3) is 5.91 Å². The lowest BCUT2D eigenvalue weighted by Crippen LogP contribution is -2.42. The maximum absolute atomic E-state index is 12.9. The maximum Gasteiger partial charge on any atom is 0.319 e. The van der Waals surface area contributed by atoms with Crippen molar-refractivity contribution in [3.05, 3.63) is 29.8 Å². The van der Waals surface area contributed by atoms with Crippen molar-refractivity contribution in [1.82, 2.24) is 15.5 Å². The number of rotatable bonds is 6. The molecule has 1 saturated heterocycles. The second-order valence-electron chi connectivity index (χ2n) is 6.60. The Morgan fingerprint density at radius 1 is 1.28 bits per heavy atom. The van der Waals surface area contributed by atoms with E-state index in [-0.39, 0.29) is 30.4 Å². The van der Waals surface area contributed by atoms with Gasteiger partial charge in [-0.05, 0) is 50.4 Å². The summed E-state index contributed by atoms with van der Waals surface area (Å²) in [6.07, 6.45) is 4.03. The molecule has 2 aliphatic rings. The van der Waals surface area contributed by atoms with Crippen LogP contribution >= 0.6 is 12.4 Å². The molecule has 1 aliphatic carbocycles. The normalized spacial score (nSPS) is 19.0. The molecule has 7 heteroatoms. The molecule has 3 amide bonds. The Morgan fingerprint density at radius 2 is 2.08 bits per heavy atom. The van der Waals surface area contributed by atoms with Gasteiger partial charge in [0.15, 0.2) is 0 Å². The highest BCUT2D eigenvalue weighted by molar-refractivity contribution is 5.97. The zero-order chi connectivity index (χ0) is 16.9. The van der Waals surface area contributed by atoms with Crippen LogP contribution in [0.4, 0.5) is 10.5 Å². The van der Waals surface area contributed by atoms with Gasteiger partial charge in [-0.15, -0.1) is 12.4 Å². The fraction of sp³-hybridized carbons (Fsp3) is 0.556. The monoisotopic (exact) mass is 366 g/mol. The van der Waals surface area contributed by atoms with Gasteiger partial charge in [-0.25, -0.2) is 4.79 Å². The molecule has 1 aromatic rings. The molecule has 3 N–H and O–H groups in total. The Labute approximate surface area is 155 Å². The van der Waals surface area contributed by atoms with Gasteiger partial charge < -0.3 is 20.9 Å². The number of urea groups is 1. The highest BCUT2D eigenvalue weighted by Crippen LogP contribution is 2.20. The van der Waals surface area contributed by atoms with Crippen LogP contribution in [-0.2, 0) is 0 Å². The molecule has 1 heterocycles. The van der Waals surface area contributed by atoms with Crippen LogP contribution in [0.15, 0.2) is 24.3 Å². The zero-order valence-electron chi connectivity index (χ0n) is 14.6. The SMILES string of the molecule is CCCN(C(=O)c1cccc(NC(=O)NC2CC2)c1)C1CCNC1.Cl. The van der Waals surface area contributed by atoms with E-state index in [4.69, 9.17) is 0 Å². The Morgan fingerprint density at radius 3 is 2.72 bits per heavy atom.